The number of thioether (sulfide) groups is 1. The molecule has 0 radical (unpaired) electrons. The summed E-state index contributed by atoms with van der Waals surface area (Å²) < 4.78 is 12.3. The predicted octanol–water partition coefficient (Wildman–Crippen LogP) is 3.60. The molecule has 4 rings (SSSR count). The molecule has 0 saturated carbocycles. The Labute approximate surface area is 164 Å². The maximum Gasteiger partial charge on any atom is 0.336 e. The molecule has 0 aliphatic carbocycles. The third-order valence-electron chi connectivity index (χ3n) is 4.35. The van der Waals surface area contributed by atoms with E-state index in [4.69, 9.17) is 9.15 Å². The van der Waals surface area contributed by atoms with Gasteiger partial charge in [0.1, 0.15) is 17.1 Å². The lowest BCUT2D eigenvalue weighted by Crippen LogP contribution is -2.00. The second-order valence-corrected chi connectivity index (χ2v) is 7.10. The third kappa shape index (κ3) is 3.46. The van der Waals surface area contributed by atoms with Crippen molar-refractivity contribution in [3.8, 4) is 22.9 Å². The van der Waals surface area contributed by atoms with Gasteiger partial charge >= 0.3 is 5.63 Å². The van der Waals surface area contributed by atoms with Crippen molar-refractivity contribution in [1.29, 1.82) is 0 Å². The average Bonchev–Trinajstić information content (AvgIpc) is 3.06. The Morgan fingerprint density at radius 2 is 1.93 bits per heavy atom. The van der Waals surface area contributed by atoms with Crippen molar-refractivity contribution in [2.75, 3.05) is 7.11 Å². The Morgan fingerprint density at radius 3 is 2.68 bits per heavy atom. The normalized spacial score (nSPS) is 11.1. The highest BCUT2D eigenvalue weighted by Crippen LogP contribution is 2.29. The minimum absolute atomic E-state index is 0.0536. The van der Waals surface area contributed by atoms with E-state index in [-0.39, 0.29) is 5.75 Å². The summed E-state index contributed by atoms with van der Waals surface area (Å²) in [6, 6.07) is 13.8. The zero-order valence-electron chi connectivity index (χ0n) is 15.2. The number of hydrogen-bond donors (Lipinski definition) is 1. The molecule has 0 aliphatic rings. The molecule has 0 amide bonds. The van der Waals surface area contributed by atoms with E-state index in [0.29, 0.717) is 11.3 Å². The summed E-state index contributed by atoms with van der Waals surface area (Å²) >= 11 is 1.47. The van der Waals surface area contributed by atoms with Crippen LogP contribution < -0.4 is 10.4 Å². The molecule has 2 aromatic carbocycles. The first-order valence-electron chi connectivity index (χ1n) is 8.47. The molecule has 0 spiro atoms. The largest absolute Gasteiger partial charge is 0.508 e. The van der Waals surface area contributed by atoms with Crippen molar-refractivity contribution < 1.29 is 14.3 Å². The van der Waals surface area contributed by atoms with Gasteiger partial charge in [0.05, 0.1) is 7.11 Å². The molecule has 4 aromatic rings. The fraction of sp³-hybridized carbons (Fsp3) is 0.150. The maximum atomic E-state index is 11.8. The quantitative estimate of drug-likeness (QED) is 0.408. The third-order valence-corrected chi connectivity index (χ3v) is 5.42. The number of ether oxygens (including phenoxy) is 1. The topological polar surface area (TPSA) is 90.4 Å². The molecule has 2 heterocycles. The Hall–Kier alpha value is -3.26. The van der Waals surface area contributed by atoms with E-state index >= 15 is 0 Å². The van der Waals surface area contributed by atoms with Crippen molar-refractivity contribution >= 4 is 22.7 Å². The standard InChI is InChI=1S/C20H17N3O4S/c1-23-19(12-3-6-15(26-2)7-4-12)21-22-20(23)28-11-13-9-18(25)27-17-10-14(24)5-8-16(13)17/h3-10,24H,11H2,1-2H3. The molecular weight excluding hydrogens is 378 g/mol. The van der Waals surface area contributed by atoms with Crippen LogP contribution in [-0.2, 0) is 12.8 Å². The van der Waals surface area contributed by atoms with Crippen LogP contribution in [0.3, 0.4) is 0 Å². The molecule has 28 heavy (non-hydrogen) atoms. The van der Waals surface area contributed by atoms with Gasteiger partial charge in [-0.05, 0) is 42.0 Å². The van der Waals surface area contributed by atoms with Gasteiger partial charge in [-0.1, -0.05) is 11.8 Å². The number of phenols is 1. The molecule has 8 heteroatoms. The van der Waals surface area contributed by atoms with Crippen LogP contribution in [0.1, 0.15) is 5.56 Å². The van der Waals surface area contributed by atoms with Gasteiger partial charge in [0, 0.05) is 35.9 Å². The minimum atomic E-state index is -0.453. The van der Waals surface area contributed by atoms with Crippen LogP contribution in [0.2, 0.25) is 0 Å². The highest BCUT2D eigenvalue weighted by atomic mass is 32.2. The fourth-order valence-corrected chi connectivity index (χ4v) is 3.81. The molecule has 0 saturated heterocycles. The number of phenolic OH excluding ortho intramolecular Hbond substituents is 1. The molecule has 2 aromatic heterocycles. The molecular formula is C20H17N3O4S. The average molecular weight is 395 g/mol. The van der Waals surface area contributed by atoms with Crippen LogP contribution in [-0.4, -0.2) is 27.0 Å². The summed E-state index contributed by atoms with van der Waals surface area (Å²) in [5.41, 5.74) is 1.65. The first-order chi connectivity index (χ1) is 13.5. The van der Waals surface area contributed by atoms with Crippen molar-refractivity contribution in [1.82, 2.24) is 14.8 Å². The van der Waals surface area contributed by atoms with E-state index in [1.165, 1.54) is 23.9 Å². The number of aromatic hydroxyl groups is 1. The minimum Gasteiger partial charge on any atom is -0.508 e. The first kappa shape index (κ1) is 18.1. The van der Waals surface area contributed by atoms with Crippen molar-refractivity contribution in [3.05, 3.63) is 64.5 Å². The lowest BCUT2D eigenvalue weighted by molar-refractivity contribution is 0.415. The Bertz CT molecular complexity index is 1200. The highest BCUT2D eigenvalue weighted by molar-refractivity contribution is 7.98. The maximum absolute atomic E-state index is 11.8. The second kappa shape index (κ2) is 7.40. The molecule has 142 valence electrons. The number of benzene rings is 2. The Balaban J connectivity index is 1.60. The van der Waals surface area contributed by atoms with Gasteiger partial charge in [-0.15, -0.1) is 10.2 Å². The van der Waals surface area contributed by atoms with E-state index in [1.807, 2.05) is 35.9 Å². The van der Waals surface area contributed by atoms with E-state index < -0.39 is 5.63 Å². The van der Waals surface area contributed by atoms with Crippen LogP contribution in [0.4, 0.5) is 0 Å². The van der Waals surface area contributed by atoms with Crippen LogP contribution >= 0.6 is 11.8 Å². The summed E-state index contributed by atoms with van der Waals surface area (Å²) in [4.78, 5) is 11.8. The van der Waals surface area contributed by atoms with Crippen LogP contribution in [0, 0.1) is 0 Å². The SMILES string of the molecule is COc1ccc(-c2nnc(SCc3cc(=O)oc4cc(O)ccc34)n2C)cc1. The summed E-state index contributed by atoms with van der Waals surface area (Å²) in [7, 11) is 3.53. The van der Waals surface area contributed by atoms with Crippen LogP contribution in [0.5, 0.6) is 11.5 Å². The molecule has 1 N–H and O–H groups in total. The number of fused-ring (bicyclic) bond motifs is 1. The first-order valence-corrected chi connectivity index (χ1v) is 9.46. The molecule has 0 fully saturated rings. The van der Waals surface area contributed by atoms with E-state index in [1.54, 1.807) is 19.2 Å². The monoisotopic (exact) mass is 395 g/mol. The lowest BCUT2D eigenvalue weighted by Gasteiger charge is -2.07. The summed E-state index contributed by atoms with van der Waals surface area (Å²) in [6.07, 6.45) is 0. The summed E-state index contributed by atoms with van der Waals surface area (Å²) in [5.74, 6) is 2.09. The number of methoxy groups -OCH3 is 1. The zero-order chi connectivity index (χ0) is 19.7. The van der Waals surface area contributed by atoms with Crippen LogP contribution in [0.15, 0.2) is 62.9 Å². The van der Waals surface area contributed by atoms with Crippen molar-refractivity contribution in [3.63, 3.8) is 0 Å². The molecule has 0 unspecified atom stereocenters. The Kier molecular flexibility index (Phi) is 4.79. The molecule has 0 bridgehead atoms. The molecule has 0 atom stereocenters. The van der Waals surface area contributed by atoms with Crippen molar-refractivity contribution in [2.45, 2.75) is 10.9 Å². The van der Waals surface area contributed by atoms with Gasteiger partial charge in [-0.25, -0.2) is 4.79 Å². The van der Waals surface area contributed by atoms with Crippen LogP contribution in [0.25, 0.3) is 22.4 Å². The number of nitrogens with zero attached hydrogens (tertiary/aromatic N) is 3. The number of rotatable bonds is 5. The van der Waals surface area contributed by atoms with Gasteiger partial charge in [0.15, 0.2) is 11.0 Å². The van der Waals surface area contributed by atoms with Gasteiger partial charge in [0.25, 0.3) is 0 Å². The van der Waals surface area contributed by atoms with Crippen molar-refractivity contribution in [2.24, 2.45) is 7.05 Å². The number of hydrogen-bond acceptors (Lipinski definition) is 7. The van der Waals surface area contributed by atoms with Gasteiger partial charge < -0.3 is 18.8 Å². The zero-order valence-corrected chi connectivity index (χ0v) is 16.1. The van der Waals surface area contributed by atoms with Gasteiger partial charge in [0.2, 0.25) is 0 Å². The summed E-state index contributed by atoms with van der Waals surface area (Å²) in [6.45, 7) is 0. The van der Waals surface area contributed by atoms with Gasteiger partial charge in [-0.3, -0.25) is 0 Å². The van der Waals surface area contributed by atoms with Gasteiger partial charge in [-0.2, -0.15) is 0 Å². The smallest absolute Gasteiger partial charge is 0.336 e. The highest BCUT2D eigenvalue weighted by Gasteiger charge is 2.13. The fourth-order valence-electron chi connectivity index (χ4n) is 2.91. The van der Waals surface area contributed by atoms with E-state index in [9.17, 15) is 9.90 Å². The van der Waals surface area contributed by atoms with E-state index in [2.05, 4.69) is 10.2 Å². The Morgan fingerprint density at radius 1 is 1.14 bits per heavy atom. The summed E-state index contributed by atoms with van der Waals surface area (Å²) in [5, 5.41) is 19.7. The number of aromatic nitrogens is 3. The van der Waals surface area contributed by atoms with E-state index in [0.717, 1.165) is 33.2 Å². The second-order valence-electron chi connectivity index (χ2n) is 6.15. The predicted molar refractivity (Wildman–Crippen MR) is 107 cm³/mol. The molecule has 7 nitrogen and oxygen atoms in total. The molecule has 0 aliphatic heterocycles. The lowest BCUT2D eigenvalue weighted by atomic mass is 10.1.